The second-order valence-corrected chi connectivity index (χ2v) is 10.3. The number of aryl methyl sites for hydroxylation is 3. The number of pyridine rings is 1. The van der Waals surface area contributed by atoms with Crippen LogP contribution in [-0.2, 0) is 17.9 Å². The average molecular weight is 407 g/mol. The molecule has 0 saturated carbocycles. The lowest BCUT2D eigenvalue weighted by molar-refractivity contribution is -0.660. The lowest BCUT2D eigenvalue weighted by Gasteiger charge is -2.49. The van der Waals surface area contributed by atoms with Gasteiger partial charge in [-0.25, -0.2) is 4.57 Å². The second kappa shape index (κ2) is 6.53. The van der Waals surface area contributed by atoms with E-state index in [1.54, 1.807) is 0 Å². The second-order valence-electron chi connectivity index (χ2n) is 10.3. The van der Waals surface area contributed by atoms with Crippen molar-refractivity contribution in [3.05, 3.63) is 89.1 Å². The third kappa shape index (κ3) is 2.65. The summed E-state index contributed by atoms with van der Waals surface area (Å²) < 4.78 is 2.27. The van der Waals surface area contributed by atoms with Crippen LogP contribution in [0.25, 0.3) is 33.2 Å². The third-order valence-electron chi connectivity index (χ3n) is 8.01. The molecule has 0 amide bonds. The monoisotopic (exact) mass is 406 g/mol. The Labute approximate surface area is 186 Å². The van der Waals surface area contributed by atoms with Crippen molar-refractivity contribution in [2.45, 2.75) is 52.4 Å². The fourth-order valence-corrected chi connectivity index (χ4v) is 5.63. The highest BCUT2D eigenvalue weighted by Crippen LogP contribution is 2.57. The van der Waals surface area contributed by atoms with Gasteiger partial charge < -0.3 is 0 Å². The Kier molecular flexibility index (Phi) is 4.21. The Morgan fingerprint density at radius 1 is 0.710 bits per heavy atom. The molecule has 0 spiro atoms. The van der Waals surface area contributed by atoms with E-state index in [4.69, 9.17) is 0 Å². The number of rotatable bonds is 1. The molecule has 0 N–H and O–H groups in total. The molecule has 1 aromatic heterocycles. The first-order valence-corrected chi connectivity index (χ1v) is 11.3. The molecule has 0 radical (unpaired) electrons. The van der Waals surface area contributed by atoms with Crippen molar-refractivity contribution in [2.24, 2.45) is 7.05 Å². The maximum Gasteiger partial charge on any atom is 0.213 e. The predicted molar refractivity (Wildman–Crippen MR) is 132 cm³/mol. The fourth-order valence-electron chi connectivity index (χ4n) is 5.63. The Bertz CT molecular complexity index is 1350. The van der Waals surface area contributed by atoms with E-state index in [0.717, 1.165) is 0 Å². The van der Waals surface area contributed by atoms with Gasteiger partial charge in [0.25, 0.3) is 0 Å². The number of aromatic nitrogens is 1. The molecule has 1 nitrogen and oxygen atoms in total. The van der Waals surface area contributed by atoms with Crippen molar-refractivity contribution in [2.75, 3.05) is 0 Å². The van der Waals surface area contributed by atoms with Gasteiger partial charge in [0.15, 0.2) is 6.20 Å². The summed E-state index contributed by atoms with van der Waals surface area (Å²) in [7, 11) is 2.16. The van der Waals surface area contributed by atoms with Crippen molar-refractivity contribution < 1.29 is 4.57 Å². The van der Waals surface area contributed by atoms with Crippen LogP contribution in [0.15, 0.2) is 66.9 Å². The fraction of sp³-hybridized carbons (Fsp3) is 0.300. The van der Waals surface area contributed by atoms with E-state index >= 15 is 0 Å². The van der Waals surface area contributed by atoms with Crippen LogP contribution >= 0.6 is 0 Å². The molecule has 156 valence electrons. The van der Waals surface area contributed by atoms with Crippen LogP contribution in [0.3, 0.4) is 0 Å². The third-order valence-corrected chi connectivity index (χ3v) is 8.01. The zero-order valence-corrected chi connectivity index (χ0v) is 19.8. The maximum absolute atomic E-state index is 2.44. The molecule has 3 aromatic carbocycles. The van der Waals surface area contributed by atoms with Crippen molar-refractivity contribution in [3.8, 4) is 22.4 Å². The molecular formula is C30H32N+. The topological polar surface area (TPSA) is 3.88 Å². The van der Waals surface area contributed by atoms with Gasteiger partial charge >= 0.3 is 0 Å². The highest BCUT2D eigenvalue weighted by Gasteiger charge is 2.48. The Morgan fingerprint density at radius 2 is 1.35 bits per heavy atom. The summed E-state index contributed by atoms with van der Waals surface area (Å²) in [5.41, 5.74) is 11.0. The van der Waals surface area contributed by atoms with Crippen LogP contribution in [0.4, 0.5) is 0 Å². The average Bonchev–Trinajstić information content (AvgIpc) is 2.73. The first-order valence-electron chi connectivity index (χ1n) is 11.3. The molecule has 1 heteroatoms. The molecule has 1 aliphatic rings. The SMILES string of the molecule is Cc1cc[n+](C)c(-c2c(C)ccc3c2C(C)(C)C(C)(C)c2c-3ccc3ccccc23)c1. The molecule has 0 unspecified atom stereocenters. The lowest BCUT2D eigenvalue weighted by atomic mass is 9.53. The van der Waals surface area contributed by atoms with Gasteiger partial charge in [-0.3, -0.25) is 0 Å². The quantitative estimate of drug-likeness (QED) is 0.295. The van der Waals surface area contributed by atoms with E-state index in [1.807, 2.05) is 0 Å². The Balaban J connectivity index is 1.97. The minimum Gasteiger partial charge on any atom is -0.201 e. The summed E-state index contributed by atoms with van der Waals surface area (Å²) in [6, 6.07) is 22.7. The van der Waals surface area contributed by atoms with Gasteiger partial charge in [-0.2, -0.15) is 0 Å². The van der Waals surface area contributed by atoms with Crippen molar-refractivity contribution in [3.63, 3.8) is 0 Å². The summed E-state index contributed by atoms with van der Waals surface area (Å²) >= 11 is 0. The van der Waals surface area contributed by atoms with Crippen molar-refractivity contribution >= 4 is 10.8 Å². The normalized spacial score (nSPS) is 16.1. The van der Waals surface area contributed by atoms with E-state index in [1.165, 1.54) is 55.4 Å². The van der Waals surface area contributed by atoms with Gasteiger partial charge in [0.05, 0.1) is 5.56 Å². The van der Waals surface area contributed by atoms with E-state index in [9.17, 15) is 0 Å². The molecule has 0 aliphatic heterocycles. The number of benzene rings is 3. The minimum absolute atomic E-state index is 0.0267. The number of fused-ring (bicyclic) bond motifs is 5. The highest BCUT2D eigenvalue weighted by molar-refractivity contribution is 5.97. The predicted octanol–water partition coefficient (Wildman–Crippen LogP) is 7.18. The van der Waals surface area contributed by atoms with Crippen LogP contribution in [0.1, 0.15) is 49.9 Å². The first-order chi connectivity index (χ1) is 14.6. The van der Waals surface area contributed by atoms with Gasteiger partial charge in [0.2, 0.25) is 5.69 Å². The first kappa shape index (κ1) is 20.0. The van der Waals surface area contributed by atoms with Crippen molar-refractivity contribution in [1.29, 1.82) is 0 Å². The zero-order chi connectivity index (χ0) is 22.1. The summed E-state index contributed by atoms with van der Waals surface area (Å²) in [6.45, 7) is 14.2. The Morgan fingerprint density at radius 3 is 2.13 bits per heavy atom. The van der Waals surface area contributed by atoms with Gasteiger partial charge in [0.1, 0.15) is 7.05 Å². The molecule has 1 aliphatic carbocycles. The molecule has 1 heterocycles. The van der Waals surface area contributed by atoms with Crippen LogP contribution in [0, 0.1) is 13.8 Å². The van der Waals surface area contributed by atoms with Gasteiger partial charge in [-0.15, -0.1) is 0 Å². The van der Waals surface area contributed by atoms with Gasteiger partial charge in [-0.1, -0.05) is 76.2 Å². The lowest BCUT2D eigenvalue weighted by Crippen LogP contribution is -2.45. The van der Waals surface area contributed by atoms with Gasteiger partial charge in [-0.05, 0) is 58.0 Å². The molecule has 0 atom stereocenters. The number of nitrogens with zero attached hydrogens (tertiary/aromatic N) is 1. The number of hydrogen-bond acceptors (Lipinski definition) is 0. The Hall–Kier alpha value is -2.93. The van der Waals surface area contributed by atoms with E-state index in [0.29, 0.717) is 0 Å². The van der Waals surface area contributed by atoms with Crippen LogP contribution in [0.2, 0.25) is 0 Å². The highest BCUT2D eigenvalue weighted by atomic mass is 14.9. The summed E-state index contributed by atoms with van der Waals surface area (Å²) in [4.78, 5) is 0. The van der Waals surface area contributed by atoms with E-state index in [2.05, 4.69) is 120 Å². The molecule has 4 aromatic rings. The number of hydrogen-bond donors (Lipinski definition) is 0. The molecule has 5 rings (SSSR count). The molecule has 0 bridgehead atoms. The minimum atomic E-state index is -0.0441. The van der Waals surface area contributed by atoms with E-state index in [-0.39, 0.29) is 10.8 Å². The summed E-state index contributed by atoms with van der Waals surface area (Å²) in [6.07, 6.45) is 2.19. The molecule has 0 saturated heterocycles. The molecule has 31 heavy (non-hydrogen) atoms. The standard InChI is InChI=1S/C30H32N/c1-19-16-17-31(7)25(18-19)26-20(2)12-14-24-23-15-13-21-10-8-9-11-22(21)27(23)29(3,4)30(5,6)28(24)26/h8-18H,1-7H3/q+1. The smallest absolute Gasteiger partial charge is 0.201 e. The maximum atomic E-state index is 2.44. The van der Waals surface area contributed by atoms with Crippen LogP contribution < -0.4 is 4.57 Å². The van der Waals surface area contributed by atoms with Crippen molar-refractivity contribution in [1.82, 2.24) is 0 Å². The van der Waals surface area contributed by atoms with Crippen LogP contribution in [0.5, 0.6) is 0 Å². The van der Waals surface area contributed by atoms with Gasteiger partial charge in [0, 0.05) is 23.0 Å². The summed E-state index contributed by atoms with van der Waals surface area (Å²) in [5, 5.41) is 2.71. The van der Waals surface area contributed by atoms with E-state index < -0.39 is 0 Å². The molecular weight excluding hydrogens is 374 g/mol. The summed E-state index contributed by atoms with van der Waals surface area (Å²) in [5.74, 6) is 0. The molecule has 0 fully saturated rings. The zero-order valence-electron chi connectivity index (χ0n) is 19.8. The van der Waals surface area contributed by atoms with Crippen LogP contribution in [-0.4, -0.2) is 0 Å². The largest absolute Gasteiger partial charge is 0.213 e.